The second kappa shape index (κ2) is 63.2. The number of carbonyl (C=O) groups is 1. The Bertz CT molecular complexity index is 1810. The third-order valence-electron chi connectivity index (χ3n) is 14.6. The third kappa shape index (κ3) is 66.0. The molecular weight excluding hydrogens is 1040 g/mol. The minimum atomic E-state index is -4.62. The van der Waals surface area contributed by atoms with E-state index in [0.29, 0.717) is 17.4 Å². The maximum atomic E-state index is 13.0. The highest BCUT2D eigenvalue weighted by atomic mass is 31.2. The molecule has 1 amide bonds. The molecule has 0 heterocycles. The summed E-state index contributed by atoms with van der Waals surface area (Å²) in [5.74, 6) is -0.215. The minimum absolute atomic E-state index is 0.0105. The summed E-state index contributed by atoms with van der Waals surface area (Å²) in [7, 11) is 1.24. The van der Waals surface area contributed by atoms with Crippen LogP contribution in [-0.4, -0.2) is 68.5 Å². The van der Waals surface area contributed by atoms with Crippen LogP contribution in [0.2, 0.25) is 0 Å². The third-order valence-corrected chi connectivity index (χ3v) is 15.6. The SMILES string of the molecule is CC/C=C\C/C=C\C/C=C\C/C=C\C/C=C\C/C=C\C/C=C\C/C=C\C/C=C\C/C=C\CCCCCCCCC(=O)NC(COP(=O)([O-])OCC[N+](C)(C)C)C(O)/C=C/CCCCCCCCCCCCCCCCCCCCCCCC. The van der Waals surface area contributed by atoms with Crippen molar-refractivity contribution in [3.05, 3.63) is 134 Å². The number of quaternary nitrogens is 1. The molecule has 0 fully saturated rings. The predicted molar refractivity (Wildman–Crippen MR) is 362 cm³/mol. The standard InChI is InChI=1S/C74H129N2O6P/c1-6-8-10-12-14-16-18-20-22-24-26-28-30-32-33-34-35-36-37-38-39-40-41-42-43-44-46-48-50-52-54-56-58-60-62-64-66-68-74(78)75-72(71-82-83(79,80)81-70-69-76(3,4)5)73(77)67-65-63-61-59-57-55-53-51-49-47-45-31-29-27-25-23-21-19-17-15-13-11-9-7-2/h8,10,14,16,20,22,26,28,32-33,35-36,38-39,41-42,44,46,50,52,65,67,72-73,77H,6-7,9,11-13,15,17-19,21,23-25,27,29-31,34,37,40,43,45,47-49,51,53-64,66,68-71H2,1-5H3,(H-,75,78,79,80)/b10-8-,16-14-,22-20-,28-26-,33-32-,36-35-,39-38-,42-41-,46-44-,52-50-,67-65+. The predicted octanol–water partition coefficient (Wildman–Crippen LogP) is 21.2. The van der Waals surface area contributed by atoms with Crippen molar-refractivity contribution in [3.63, 3.8) is 0 Å². The van der Waals surface area contributed by atoms with Gasteiger partial charge in [-0.25, -0.2) is 0 Å². The summed E-state index contributed by atoms with van der Waals surface area (Å²) in [5, 5.41) is 13.9. The molecule has 476 valence electrons. The topological polar surface area (TPSA) is 108 Å². The van der Waals surface area contributed by atoms with Gasteiger partial charge in [0, 0.05) is 6.42 Å². The Morgan fingerprint density at radius 1 is 0.434 bits per heavy atom. The van der Waals surface area contributed by atoms with Gasteiger partial charge in [0.2, 0.25) is 5.91 Å². The quantitative estimate of drug-likeness (QED) is 0.0272. The number of hydrogen-bond donors (Lipinski definition) is 2. The molecule has 0 aromatic carbocycles. The Hall–Kier alpha value is -3.36. The molecule has 83 heavy (non-hydrogen) atoms. The first-order valence-electron chi connectivity index (χ1n) is 34.0. The molecule has 0 spiro atoms. The zero-order chi connectivity index (χ0) is 60.5. The number of nitrogens with zero attached hydrogens (tertiary/aromatic N) is 1. The van der Waals surface area contributed by atoms with Crippen LogP contribution in [0.25, 0.3) is 0 Å². The maximum Gasteiger partial charge on any atom is 0.268 e. The van der Waals surface area contributed by atoms with Gasteiger partial charge in [0.05, 0.1) is 39.9 Å². The lowest BCUT2D eigenvalue weighted by Gasteiger charge is -2.29. The number of aliphatic hydroxyl groups is 1. The number of nitrogens with one attached hydrogen (secondary N) is 1. The molecule has 0 radical (unpaired) electrons. The van der Waals surface area contributed by atoms with Gasteiger partial charge in [-0.05, 0) is 96.3 Å². The van der Waals surface area contributed by atoms with Crippen molar-refractivity contribution in [2.24, 2.45) is 0 Å². The molecule has 0 aromatic heterocycles. The average molecular weight is 1170 g/mol. The Labute approximate surface area is 513 Å². The first kappa shape index (κ1) is 79.6. The summed E-state index contributed by atoms with van der Waals surface area (Å²) >= 11 is 0. The van der Waals surface area contributed by atoms with E-state index in [0.717, 1.165) is 128 Å². The van der Waals surface area contributed by atoms with Crippen LogP contribution in [0.3, 0.4) is 0 Å². The van der Waals surface area contributed by atoms with Crippen molar-refractivity contribution >= 4 is 13.7 Å². The molecule has 0 aromatic rings. The smallest absolute Gasteiger partial charge is 0.268 e. The highest BCUT2D eigenvalue weighted by Crippen LogP contribution is 2.38. The molecule has 3 atom stereocenters. The zero-order valence-electron chi connectivity index (χ0n) is 54.4. The van der Waals surface area contributed by atoms with Crippen molar-refractivity contribution < 1.29 is 32.9 Å². The van der Waals surface area contributed by atoms with E-state index in [1.165, 1.54) is 128 Å². The lowest BCUT2D eigenvalue weighted by Crippen LogP contribution is -2.45. The number of likely N-dealkylation sites (N-methyl/N-ethyl adjacent to an activating group) is 1. The van der Waals surface area contributed by atoms with E-state index >= 15 is 0 Å². The summed E-state index contributed by atoms with van der Waals surface area (Å²) < 4.78 is 23.4. The van der Waals surface area contributed by atoms with E-state index in [1.807, 2.05) is 27.2 Å². The first-order valence-corrected chi connectivity index (χ1v) is 35.5. The summed E-state index contributed by atoms with van der Waals surface area (Å²) in [6.07, 6.45) is 95.5. The average Bonchev–Trinajstić information content (AvgIpc) is 3.50. The number of allylic oxidation sites excluding steroid dienone is 21. The summed E-state index contributed by atoms with van der Waals surface area (Å²) in [5.41, 5.74) is 0. The molecule has 0 aliphatic carbocycles. The van der Waals surface area contributed by atoms with E-state index in [-0.39, 0.29) is 12.5 Å². The van der Waals surface area contributed by atoms with Crippen LogP contribution in [0, 0.1) is 0 Å². The second-order valence-corrected chi connectivity index (χ2v) is 25.2. The fraction of sp³-hybridized carbons (Fsp3) is 0.689. The van der Waals surface area contributed by atoms with Crippen LogP contribution < -0.4 is 10.2 Å². The summed E-state index contributed by atoms with van der Waals surface area (Å²) in [4.78, 5) is 25.6. The van der Waals surface area contributed by atoms with Crippen molar-refractivity contribution in [2.45, 2.75) is 289 Å². The van der Waals surface area contributed by atoms with Gasteiger partial charge in [-0.15, -0.1) is 0 Å². The molecule has 0 aliphatic heterocycles. The number of unbranched alkanes of at least 4 members (excludes halogenated alkanes) is 28. The number of carbonyl (C=O) groups excluding carboxylic acids is 1. The van der Waals surface area contributed by atoms with Crippen molar-refractivity contribution in [2.75, 3.05) is 40.9 Å². The Morgan fingerprint density at radius 2 is 0.735 bits per heavy atom. The van der Waals surface area contributed by atoms with Crippen LogP contribution in [-0.2, 0) is 18.4 Å². The van der Waals surface area contributed by atoms with Crippen molar-refractivity contribution in [3.8, 4) is 0 Å². The van der Waals surface area contributed by atoms with Crippen molar-refractivity contribution in [1.29, 1.82) is 0 Å². The molecule has 8 nitrogen and oxygen atoms in total. The molecule has 0 bridgehead atoms. The lowest BCUT2D eigenvalue weighted by atomic mass is 10.0. The van der Waals surface area contributed by atoms with Crippen LogP contribution >= 0.6 is 7.82 Å². The van der Waals surface area contributed by atoms with Gasteiger partial charge in [-0.3, -0.25) is 9.36 Å². The molecule has 0 saturated carbocycles. The molecule has 0 rings (SSSR count). The zero-order valence-corrected chi connectivity index (χ0v) is 55.2. The number of amides is 1. The molecule has 3 unspecified atom stereocenters. The van der Waals surface area contributed by atoms with Crippen LogP contribution in [0.15, 0.2) is 134 Å². The van der Waals surface area contributed by atoms with Crippen molar-refractivity contribution in [1.82, 2.24) is 5.32 Å². The summed E-state index contributed by atoms with van der Waals surface area (Å²) in [6.45, 7) is 4.54. The summed E-state index contributed by atoms with van der Waals surface area (Å²) in [6, 6.07) is -0.906. The van der Waals surface area contributed by atoms with Crippen LogP contribution in [0.4, 0.5) is 0 Å². The monoisotopic (exact) mass is 1170 g/mol. The van der Waals surface area contributed by atoms with Gasteiger partial charge in [0.1, 0.15) is 13.2 Å². The number of phosphoric acid groups is 1. The highest BCUT2D eigenvalue weighted by Gasteiger charge is 2.23. The fourth-order valence-electron chi connectivity index (χ4n) is 9.36. The van der Waals surface area contributed by atoms with E-state index in [2.05, 4.69) is 141 Å². The molecule has 0 saturated heterocycles. The fourth-order valence-corrected chi connectivity index (χ4v) is 10.1. The minimum Gasteiger partial charge on any atom is -0.756 e. The number of aliphatic hydroxyl groups excluding tert-OH is 1. The molecule has 9 heteroatoms. The van der Waals surface area contributed by atoms with E-state index < -0.39 is 26.6 Å². The van der Waals surface area contributed by atoms with Crippen LogP contribution in [0.5, 0.6) is 0 Å². The molecule has 0 aliphatic rings. The Morgan fingerprint density at radius 3 is 1.07 bits per heavy atom. The molecule has 2 N–H and O–H groups in total. The number of hydrogen-bond acceptors (Lipinski definition) is 6. The normalized spacial score (nSPS) is 14.5. The van der Waals surface area contributed by atoms with E-state index in [9.17, 15) is 19.4 Å². The van der Waals surface area contributed by atoms with Crippen LogP contribution in [0.1, 0.15) is 277 Å². The van der Waals surface area contributed by atoms with E-state index in [4.69, 9.17) is 9.05 Å². The highest BCUT2D eigenvalue weighted by molar-refractivity contribution is 7.45. The number of phosphoric ester groups is 1. The molecular formula is C74H129N2O6P. The lowest BCUT2D eigenvalue weighted by molar-refractivity contribution is -0.870. The van der Waals surface area contributed by atoms with Gasteiger partial charge in [0.15, 0.2) is 0 Å². The van der Waals surface area contributed by atoms with Gasteiger partial charge in [-0.2, -0.15) is 0 Å². The van der Waals surface area contributed by atoms with Gasteiger partial charge in [-0.1, -0.05) is 308 Å². The van der Waals surface area contributed by atoms with Gasteiger partial charge >= 0.3 is 0 Å². The maximum absolute atomic E-state index is 13.0. The van der Waals surface area contributed by atoms with E-state index in [1.54, 1.807) is 6.08 Å². The van der Waals surface area contributed by atoms with Gasteiger partial charge < -0.3 is 28.8 Å². The largest absolute Gasteiger partial charge is 0.756 e. The van der Waals surface area contributed by atoms with Gasteiger partial charge in [0.25, 0.3) is 7.82 Å². The Balaban J connectivity index is 4.20. The Kier molecular flexibility index (Phi) is 60.6. The first-order chi connectivity index (χ1) is 40.5. The second-order valence-electron chi connectivity index (χ2n) is 23.8. The number of rotatable bonds is 61.